The topological polar surface area (TPSA) is 132 Å². The number of hydrogen-bond acceptors (Lipinski definition) is 10. The van der Waals surface area contributed by atoms with Crippen molar-refractivity contribution < 1.29 is 19.1 Å². The molecule has 1 aromatic carbocycles. The van der Waals surface area contributed by atoms with Crippen molar-refractivity contribution in [2.75, 3.05) is 38.3 Å². The molecule has 0 fully saturated rings. The summed E-state index contributed by atoms with van der Waals surface area (Å²) in [6.45, 7) is 4.96. The van der Waals surface area contributed by atoms with Crippen molar-refractivity contribution >= 4 is 62.2 Å². The zero-order valence-corrected chi connectivity index (χ0v) is 20.5. The second-order valence-corrected chi connectivity index (χ2v) is 8.96. The summed E-state index contributed by atoms with van der Waals surface area (Å²) in [5.41, 5.74) is 8.61. The molecule has 0 atom stereocenters. The number of hydrazone groups is 1. The molecule has 0 saturated carbocycles. The van der Waals surface area contributed by atoms with Gasteiger partial charge in [0, 0.05) is 13.1 Å². The Balaban J connectivity index is 1.95. The van der Waals surface area contributed by atoms with Crippen LogP contribution < -0.4 is 20.6 Å². The molecule has 0 spiro atoms. The highest BCUT2D eigenvalue weighted by Gasteiger charge is 2.15. The molecule has 0 aliphatic rings. The van der Waals surface area contributed by atoms with Crippen LogP contribution in [0.25, 0.3) is 0 Å². The highest BCUT2D eigenvalue weighted by Crippen LogP contribution is 2.36. The fourth-order valence-electron chi connectivity index (χ4n) is 2.37. The number of likely N-dealkylation sites (N-methyl/N-ethyl adjacent to an activating group) is 1. The van der Waals surface area contributed by atoms with E-state index in [9.17, 15) is 9.59 Å². The van der Waals surface area contributed by atoms with Crippen LogP contribution in [0.3, 0.4) is 0 Å². The predicted molar refractivity (Wildman–Crippen MR) is 125 cm³/mol. The number of rotatable bonds is 11. The molecule has 13 heteroatoms. The van der Waals surface area contributed by atoms with Crippen LogP contribution >= 0.6 is 39.0 Å². The minimum absolute atomic E-state index is 0.0991. The summed E-state index contributed by atoms with van der Waals surface area (Å²) < 4.78 is 12.3. The van der Waals surface area contributed by atoms with Crippen molar-refractivity contribution in [2.45, 2.75) is 18.2 Å². The van der Waals surface area contributed by atoms with Gasteiger partial charge in [-0.05, 0) is 47.5 Å². The summed E-state index contributed by atoms with van der Waals surface area (Å²) in [6, 6.07) is 3.44. The lowest BCUT2D eigenvalue weighted by atomic mass is 10.2. The Labute approximate surface area is 196 Å². The van der Waals surface area contributed by atoms with Gasteiger partial charge in [-0.25, -0.2) is 5.43 Å². The summed E-state index contributed by atoms with van der Waals surface area (Å²) in [5, 5.41) is 11.8. The molecule has 3 N–H and O–H groups in total. The Morgan fingerprint density at radius 2 is 2.10 bits per heavy atom. The number of halogens is 1. The molecule has 31 heavy (non-hydrogen) atoms. The number of methoxy groups -OCH3 is 1. The molecule has 2 aromatic rings. The van der Waals surface area contributed by atoms with E-state index in [1.807, 2.05) is 13.8 Å². The molecular formula is C18H23BrN6O4S2. The maximum atomic E-state index is 12.2. The minimum atomic E-state index is -0.295. The maximum Gasteiger partial charge on any atom is 0.260 e. The number of benzene rings is 1. The van der Waals surface area contributed by atoms with Crippen LogP contribution in [-0.2, 0) is 9.59 Å². The van der Waals surface area contributed by atoms with Gasteiger partial charge in [0.15, 0.2) is 22.4 Å². The van der Waals surface area contributed by atoms with Gasteiger partial charge in [-0.1, -0.05) is 23.1 Å². The zero-order valence-electron chi connectivity index (χ0n) is 17.3. The highest BCUT2D eigenvalue weighted by molar-refractivity contribution is 9.10. The maximum absolute atomic E-state index is 12.2. The normalized spacial score (nSPS) is 10.8. The number of nitrogen functional groups attached to an aromatic ring is 1. The monoisotopic (exact) mass is 530 g/mol. The lowest BCUT2D eigenvalue weighted by molar-refractivity contribution is -0.133. The van der Waals surface area contributed by atoms with Crippen LogP contribution in [0.4, 0.5) is 5.13 Å². The third kappa shape index (κ3) is 7.67. The fraction of sp³-hybridized carbons (Fsp3) is 0.389. The Bertz CT molecular complexity index is 936. The first-order valence-corrected chi connectivity index (χ1v) is 11.8. The molecular weight excluding hydrogens is 508 g/mol. The number of nitrogens with two attached hydrogens (primary N) is 1. The number of amides is 2. The molecule has 0 bridgehead atoms. The number of nitrogens with zero attached hydrogens (tertiary/aromatic N) is 4. The first-order chi connectivity index (χ1) is 14.9. The first kappa shape index (κ1) is 24.9. The zero-order chi connectivity index (χ0) is 22.8. The summed E-state index contributed by atoms with van der Waals surface area (Å²) in [4.78, 5) is 25.8. The van der Waals surface area contributed by atoms with Crippen molar-refractivity contribution in [3.8, 4) is 11.5 Å². The molecule has 1 heterocycles. The van der Waals surface area contributed by atoms with E-state index in [-0.39, 0.29) is 24.2 Å². The van der Waals surface area contributed by atoms with Crippen LogP contribution in [0, 0.1) is 0 Å². The Kier molecular flexibility index (Phi) is 10.0. The molecule has 0 saturated heterocycles. The number of ether oxygens (including phenoxy) is 2. The van der Waals surface area contributed by atoms with E-state index in [4.69, 9.17) is 15.2 Å². The van der Waals surface area contributed by atoms with E-state index in [0.717, 1.165) is 0 Å². The fourth-order valence-corrected chi connectivity index (χ4v) is 4.38. The molecule has 0 unspecified atom stereocenters. The molecule has 1 aromatic heterocycles. The van der Waals surface area contributed by atoms with Gasteiger partial charge in [-0.15, -0.1) is 10.2 Å². The van der Waals surface area contributed by atoms with Gasteiger partial charge in [-0.3, -0.25) is 9.59 Å². The van der Waals surface area contributed by atoms with Crippen molar-refractivity contribution in [2.24, 2.45) is 5.10 Å². The van der Waals surface area contributed by atoms with E-state index >= 15 is 0 Å². The quantitative estimate of drug-likeness (QED) is 0.257. The summed E-state index contributed by atoms with van der Waals surface area (Å²) >= 11 is 5.86. The average molecular weight is 531 g/mol. The number of nitrogens with one attached hydrogen (secondary N) is 1. The Morgan fingerprint density at radius 1 is 1.35 bits per heavy atom. The van der Waals surface area contributed by atoms with E-state index < -0.39 is 0 Å². The molecule has 0 aliphatic heterocycles. The van der Waals surface area contributed by atoms with Crippen molar-refractivity contribution in [3.63, 3.8) is 0 Å². The largest absolute Gasteiger partial charge is 0.493 e. The lowest BCUT2D eigenvalue weighted by Crippen LogP contribution is -2.34. The van der Waals surface area contributed by atoms with Crippen molar-refractivity contribution in [1.29, 1.82) is 0 Å². The van der Waals surface area contributed by atoms with Gasteiger partial charge in [0.05, 0.1) is 23.5 Å². The SMILES string of the molecule is CCN(CC)C(=O)COc1c(Br)cc(C=NNC(=O)CSc2nnc(N)s2)cc1OC. The van der Waals surface area contributed by atoms with Crippen molar-refractivity contribution in [3.05, 3.63) is 22.2 Å². The van der Waals surface area contributed by atoms with Crippen molar-refractivity contribution in [1.82, 2.24) is 20.5 Å². The van der Waals surface area contributed by atoms with Crippen LogP contribution in [0.2, 0.25) is 0 Å². The number of carbonyl (C=O) groups is 2. The summed E-state index contributed by atoms with van der Waals surface area (Å²) in [6.07, 6.45) is 1.48. The molecule has 10 nitrogen and oxygen atoms in total. The van der Waals surface area contributed by atoms with E-state index in [0.29, 0.717) is 44.1 Å². The van der Waals surface area contributed by atoms with Crippen LogP contribution in [0.15, 0.2) is 26.0 Å². The minimum Gasteiger partial charge on any atom is -0.493 e. The summed E-state index contributed by atoms with van der Waals surface area (Å²) in [7, 11) is 1.50. The van der Waals surface area contributed by atoms with Gasteiger partial charge in [0.2, 0.25) is 5.13 Å². The van der Waals surface area contributed by atoms with Gasteiger partial charge < -0.3 is 20.1 Å². The molecule has 2 rings (SSSR count). The Morgan fingerprint density at radius 3 is 2.71 bits per heavy atom. The number of aromatic nitrogens is 2. The van der Waals surface area contributed by atoms with E-state index in [1.54, 1.807) is 17.0 Å². The molecule has 0 radical (unpaired) electrons. The van der Waals surface area contributed by atoms with Crippen LogP contribution in [-0.4, -0.2) is 65.7 Å². The second-order valence-electron chi connectivity index (χ2n) is 5.88. The van der Waals surface area contributed by atoms with Gasteiger partial charge in [0.1, 0.15) is 0 Å². The number of anilines is 1. The predicted octanol–water partition coefficient (Wildman–Crippen LogP) is 2.38. The molecule has 0 aliphatic carbocycles. The number of carbonyl (C=O) groups excluding carboxylic acids is 2. The first-order valence-electron chi connectivity index (χ1n) is 9.19. The van der Waals surface area contributed by atoms with Gasteiger partial charge in [0.25, 0.3) is 11.8 Å². The Hall–Kier alpha value is -2.38. The van der Waals surface area contributed by atoms with E-state index in [2.05, 4.69) is 36.7 Å². The van der Waals surface area contributed by atoms with Crippen LogP contribution in [0.5, 0.6) is 11.5 Å². The standard InChI is InChI=1S/C18H23BrN6O4S2/c1-4-25(5-2)15(27)9-29-16-12(19)6-11(7-13(16)28-3)8-21-22-14(26)10-30-18-24-23-17(20)31-18/h6-8H,4-5,9-10H2,1-3H3,(H2,20,23)(H,22,26). The van der Waals surface area contributed by atoms with Gasteiger partial charge in [-0.2, -0.15) is 5.10 Å². The summed E-state index contributed by atoms with van der Waals surface area (Å²) in [5.74, 6) is 0.569. The smallest absolute Gasteiger partial charge is 0.260 e. The number of thioether (sulfide) groups is 1. The van der Waals surface area contributed by atoms with Gasteiger partial charge >= 0.3 is 0 Å². The third-order valence-corrected chi connectivity index (χ3v) is 6.33. The molecule has 2 amide bonds. The highest BCUT2D eigenvalue weighted by atomic mass is 79.9. The second kappa shape index (κ2) is 12.5. The third-order valence-electron chi connectivity index (χ3n) is 3.86. The van der Waals surface area contributed by atoms with E-state index in [1.165, 1.54) is 36.4 Å². The average Bonchev–Trinajstić information content (AvgIpc) is 3.17. The molecule has 168 valence electrons. The number of hydrogen-bond donors (Lipinski definition) is 2. The lowest BCUT2D eigenvalue weighted by Gasteiger charge is -2.19. The van der Waals surface area contributed by atoms with Crippen LogP contribution in [0.1, 0.15) is 19.4 Å².